The summed E-state index contributed by atoms with van der Waals surface area (Å²) in [6, 6.07) is 5.78. The molecule has 0 amide bonds. The summed E-state index contributed by atoms with van der Waals surface area (Å²) in [5.74, 6) is -0.384. The van der Waals surface area contributed by atoms with E-state index < -0.39 is 21.9 Å². The van der Waals surface area contributed by atoms with Gasteiger partial charge in [0, 0.05) is 29.4 Å². The van der Waals surface area contributed by atoms with E-state index in [0.29, 0.717) is 24.0 Å². The van der Waals surface area contributed by atoms with Gasteiger partial charge in [-0.05, 0) is 44.6 Å². The third-order valence-corrected chi connectivity index (χ3v) is 6.56. The maximum atomic E-state index is 14.0. The molecule has 0 aliphatic heterocycles. The van der Waals surface area contributed by atoms with Crippen molar-refractivity contribution in [3.63, 3.8) is 0 Å². The summed E-state index contributed by atoms with van der Waals surface area (Å²) in [6.07, 6.45) is 7.49. The van der Waals surface area contributed by atoms with E-state index in [-0.39, 0.29) is 30.1 Å². The first kappa shape index (κ1) is 20.3. The highest BCUT2D eigenvalue weighted by atomic mass is 19.1. The van der Waals surface area contributed by atoms with E-state index in [9.17, 15) is 24.1 Å². The van der Waals surface area contributed by atoms with E-state index in [1.54, 1.807) is 18.2 Å². The second-order valence-corrected chi connectivity index (χ2v) is 8.47. The summed E-state index contributed by atoms with van der Waals surface area (Å²) in [5, 5.41) is 16.3. The van der Waals surface area contributed by atoms with Crippen LogP contribution < -0.4 is 11.2 Å². The molecule has 0 bridgehead atoms. The van der Waals surface area contributed by atoms with Crippen molar-refractivity contribution in [2.75, 3.05) is 0 Å². The van der Waals surface area contributed by atoms with Crippen LogP contribution in [-0.4, -0.2) is 23.8 Å². The van der Waals surface area contributed by atoms with Crippen molar-refractivity contribution in [3.8, 4) is 11.3 Å². The van der Waals surface area contributed by atoms with Crippen LogP contribution in [-0.2, 0) is 6.54 Å². The van der Waals surface area contributed by atoms with Crippen molar-refractivity contribution in [2.45, 2.75) is 57.2 Å². The minimum absolute atomic E-state index is 0.00921. The van der Waals surface area contributed by atoms with Gasteiger partial charge >= 0.3 is 16.9 Å². The zero-order valence-corrected chi connectivity index (χ0v) is 17.3. The van der Waals surface area contributed by atoms with Crippen molar-refractivity contribution in [3.05, 3.63) is 79.0 Å². The van der Waals surface area contributed by atoms with Gasteiger partial charge < -0.3 is 0 Å². The molecule has 2 aliphatic rings. The summed E-state index contributed by atoms with van der Waals surface area (Å²) < 4.78 is 18.0. The highest BCUT2D eigenvalue weighted by Crippen LogP contribution is 2.38. The minimum atomic E-state index is -0.864. The smallest absolute Gasteiger partial charge is 0.284 e. The molecule has 0 radical (unpaired) electrons. The lowest BCUT2D eigenvalue weighted by molar-refractivity contribution is -0.386. The molecule has 0 unspecified atom stereocenters. The highest BCUT2D eigenvalue weighted by Gasteiger charge is 2.37. The van der Waals surface area contributed by atoms with Gasteiger partial charge in [-0.25, -0.2) is 9.18 Å². The molecule has 2 heterocycles. The molecule has 2 aliphatic carbocycles. The first-order valence-electron chi connectivity index (χ1n) is 10.8. The number of halogens is 1. The number of benzene rings is 1. The summed E-state index contributed by atoms with van der Waals surface area (Å²) >= 11 is 0. The molecule has 2 fully saturated rings. The third kappa shape index (κ3) is 3.26. The third-order valence-electron chi connectivity index (χ3n) is 6.56. The maximum Gasteiger partial charge on any atom is 0.358 e. The molecule has 5 rings (SSSR count). The molecule has 0 spiro atoms. The lowest BCUT2D eigenvalue weighted by Gasteiger charge is -2.32. The average molecular weight is 439 g/mol. The molecule has 0 atom stereocenters. The van der Waals surface area contributed by atoms with E-state index >= 15 is 0 Å². The highest BCUT2D eigenvalue weighted by molar-refractivity contribution is 5.68. The van der Waals surface area contributed by atoms with Crippen LogP contribution in [0.5, 0.6) is 0 Å². The minimum Gasteiger partial charge on any atom is -0.284 e. The Labute approximate surface area is 181 Å². The van der Waals surface area contributed by atoms with Crippen LogP contribution in [0.1, 0.15) is 56.2 Å². The number of rotatable bonds is 6. The first-order valence-corrected chi connectivity index (χ1v) is 10.8. The molecule has 3 aromatic rings. The molecule has 0 N–H and O–H groups in total. The standard InChI is InChI=1S/C22H22FN5O4/c23-18-10-2-1-5-14(18)12-25-13-15(11-24-25)19-20(28(31)32)21(29)27(17-8-4-9-17)22(30)26(19)16-6-3-7-16/h1-2,5,10-11,13,16-17H,3-4,6-9,12H2. The van der Waals surface area contributed by atoms with Gasteiger partial charge in [-0.1, -0.05) is 18.2 Å². The van der Waals surface area contributed by atoms with Gasteiger partial charge in [-0.2, -0.15) is 5.10 Å². The molecule has 1 aromatic carbocycles. The molecular weight excluding hydrogens is 417 g/mol. The van der Waals surface area contributed by atoms with Gasteiger partial charge in [0.2, 0.25) is 0 Å². The van der Waals surface area contributed by atoms with E-state index in [1.807, 2.05) is 0 Å². The van der Waals surface area contributed by atoms with Crippen LogP contribution in [0.25, 0.3) is 11.3 Å². The van der Waals surface area contributed by atoms with Crippen LogP contribution in [0.15, 0.2) is 46.2 Å². The van der Waals surface area contributed by atoms with Gasteiger partial charge in [0.25, 0.3) is 0 Å². The van der Waals surface area contributed by atoms with Crippen LogP contribution in [0.2, 0.25) is 0 Å². The van der Waals surface area contributed by atoms with Crippen molar-refractivity contribution < 1.29 is 9.31 Å². The molecule has 0 saturated heterocycles. The Hall–Kier alpha value is -3.56. The molecule has 9 nitrogen and oxygen atoms in total. The fourth-order valence-electron chi connectivity index (χ4n) is 4.39. The van der Waals surface area contributed by atoms with E-state index in [4.69, 9.17) is 0 Å². The summed E-state index contributed by atoms with van der Waals surface area (Å²) in [7, 11) is 0. The average Bonchev–Trinajstić information content (AvgIpc) is 3.13. The molecule has 2 saturated carbocycles. The van der Waals surface area contributed by atoms with E-state index in [1.165, 1.54) is 27.7 Å². The number of hydrogen-bond acceptors (Lipinski definition) is 5. The Balaban J connectivity index is 1.67. The predicted molar refractivity (Wildman–Crippen MR) is 114 cm³/mol. The second-order valence-electron chi connectivity index (χ2n) is 8.47. The van der Waals surface area contributed by atoms with Crippen LogP contribution in [0.4, 0.5) is 10.1 Å². The zero-order valence-electron chi connectivity index (χ0n) is 17.3. The zero-order chi connectivity index (χ0) is 22.4. The fraction of sp³-hybridized carbons (Fsp3) is 0.409. The molecule has 10 heteroatoms. The van der Waals surface area contributed by atoms with Crippen molar-refractivity contribution in [1.82, 2.24) is 18.9 Å². The van der Waals surface area contributed by atoms with Crippen molar-refractivity contribution in [1.29, 1.82) is 0 Å². The summed E-state index contributed by atoms with van der Waals surface area (Å²) in [4.78, 5) is 37.8. The first-order chi connectivity index (χ1) is 15.5. The van der Waals surface area contributed by atoms with Crippen molar-refractivity contribution in [2.24, 2.45) is 0 Å². The fourth-order valence-corrected chi connectivity index (χ4v) is 4.39. The normalized spacial score (nSPS) is 16.5. The summed E-state index contributed by atoms with van der Waals surface area (Å²) in [6.45, 7) is 0.118. The monoisotopic (exact) mass is 439 g/mol. The van der Waals surface area contributed by atoms with Gasteiger partial charge in [0.05, 0.1) is 17.7 Å². The molecule has 2 aromatic heterocycles. The molecule has 166 valence electrons. The maximum absolute atomic E-state index is 14.0. The van der Waals surface area contributed by atoms with Crippen LogP contribution >= 0.6 is 0 Å². The van der Waals surface area contributed by atoms with Crippen LogP contribution in [0, 0.1) is 15.9 Å². The SMILES string of the molecule is O=c1c([N+](=O)[O-])c(-c2cnn(Cc3ccccc3F)c2)n(C2CCC2)c(=O)n1C1CCC1. The quantitative estimate of drug-likeness (QED) is 0.432. The predicted octanol–water partition coefficient (Wildman–Crippen LogP) is 3.42. The van der Waals surface area contributed by atoms with Gasteiger partial charge in [-0.15, -0.1) is 0 Å². The largest absolute Gasteiger partial charge is 0.358 e. The number of hydrogen-bond donors (Lipinski definition) is 0. The van der Waals surface area contributed by atoms with Gasteiger partial charge in [-0.3, -0.25) is 28.7 Å². The molecule has 32 heavy (non-hydrogen) atoms. The van der Waals surface area contributed by atoms with Gasteiger partial charge in [0.1, 0.15) is 11.5 Å². The Morgan fingerprint density at radius 1 is 1.06 bits per heavy atom. The number of nitro groups is 1. The van der Waals surface area contributed by atoms with E-state index in [0.717, 1.165) is 30.3 Å². The lowest BCUT2D eigenvalue weighted by Crippen LogP contribution is -2.47. The number of aromatic nitrogens is 4. The Morgan fingerprint density at radius 3 is 2.31 bits per heavy atom. The van der Waals surface area contributed by atoms with Crippen LogP contribution in [0.3, 0.4) is 0 Å². The molecular formula is C22H22FN5O4. The van der Waals surface area contributed by atoms with Crippen molar-refractivity contribution >= 4 is 5.69 Å². The Kier molecular flexibility index (Phi) is 4.99. The van der Waals surface area contributed by atoms with Gasteiger partial charge in [0.15, 0.2) is 0 Å². The topological polar surface area (TPSA) is 105 Å². The Bertz CT molecular complexity index is 1320. The summed E-state index contributed by atoms with van der Waals surface area (Å²) in [5.41, 5.74) is -1.26. The second kappa shape index (κ2) is 7.85. The van der Waals surface area contributed by atoms with E-state index in [2.05, 4.69) is 5.10 Å². The number of nitrogens with zero attached hydrogens (tertiary/aromatic N) is 5. The Morgan fingerprint density at radius 2 is 1.72 bits per heavy atom. The lowest BCUT2D eigenvalue weighted by atomic mass is 9.91.